The van der Waals surface area contributed by atoms with E-state index in [-0.39, 0.29) is 4.47 Å². The first-order valence-electron chi connectivity index (χ1n) is 4.14. The van der Waals surface area contributed by atoms with Crippen LogP contribution in [0.1, 0.15) is 0 Å². The summed E-state index contributed by atoms with van der Waals surface area (Å²) in [7, 11) is 0. The van der Waals surface area contributed by atoms with E-state index in [4.69, 9.17) is 0 Å². The average Bonchev–Trinajstić information content (AvgIpc) is 2.19. The standard InChI is InChI=1S/C8H3BrF4N2O3/c9-3-1-4(10)6(5(2-3)15(17)18)14-7(16)8(11,12)13/h1-2H,(H,14,16). The first-order valence-corrected chi connectivity index (χ1v) is 4.94. The van der Waals surface area contributed by atoms with Gasteiger partial charge in [0.25, 0.3) is 5.69 Å². The number of nitro groups is 1. The molecule has 1 rings (SSSR count). The van der Waals surface area contributed by atoms with Crippen LogP contribution in [0.25, 0.3) is 0 Å². The van der Waals surface area contributed by atoms with Gasteiger partial charge in [0.05, 0.1) is 4.92 Å². The summed E-state index contributed by atoms with van der Waals surface area (Å²) < 4.78 is 49.2. The highest BCUT2D eigenvalue weighted by molar-refractivity contribution is 9.10. The Morgan fingerprint density at radius 3 is 2.39 bits per heavy atom. The third kappa shape index (κ3) is 3.15. The van der Waals surface area contributed by atoms with Crippen LogP contribution in [-0.2, 0) is 4.79 Å². The molecule has 0 saturated carbocycles. The van der Waals surface area contributed by atoms with E-state index >= 15 is 0 Å². The van der Waals surface area contributed by atoms with Crippen molar-refractivity contribution in [2.24, 2.45) is 0 Å². The molecule has 0 atom stereocenters. The summed E-state index contributed by atoms with van der Waals surface area (Å²) in [4.78, 5) is 20.0. The minimum absolute atomic E-state index is 0.0447. The first kappa shape index (κ1) is 14.4. The number of nitrogens with one attached hydrogen (secondary N) is 1. The molecule has 0 radical (unpaired) electrons. The lowest BCUT2D eigenvalue weighted by atomic mass is 10.2. The summed E-state index contributed by atoms with van der Waals surface area (Å²) in [5.41, 5.74) is -2.12. The summed E-state index contributed by atoms with van der Waals surface area (Å²) in [5.74, 6) is -3.85. The van der Waals surface area contributed by atoms with E-state index in [2.05, 4.69) is 15.9 Å². The molecule has 0 bridgehead atoms. The number of rotatable bonds is 2. The second-order valence-electron chi connectivity index (χ2n) is 2.99. The third-order valence-corrected chi connectivity index (χ3v) is 2.18. The largest absolute Gasteiger partial charge is 0.471 e. The minimum atomic E-state index is -5.27. The minimum Gasteiger partial charge on any atom is -0.310 e. The molecular formula is C8H3BrF4N2O3. The van der Waals surface area contributed by atoms with Gasteiger partial charge in [-0.25, -0.2) is 4.39 Å². The SMILES string of the molecule is O=C(Nc1c(F)cc(Br)cc1[N+](=O)[O-])C(F)(F)F. The fourth-order valence-electron chi connectivity index (χ4n) is 1.01. The summed E-state index contributed by atoms with van der Waals surface area (Å²) >= 11 is 2.74. The van der Waals surface area contributed by atoms with Gasteiger partial charge < -0.3 is 5.32 Å². The van der Waals surface area contributed by atoms with Crippen molar-refractivity contribution in [2.45, 2.75) is 6.18 Å². The van der Waals surface area contributed by atoms with Gasteiger partial charge in [-0.05, 0) is 6.07 Å². The maximum atomic E-state index is 13.3. The van der Waals surface area contributed by atoms with Crippen molar-refractivity contribution in [2.75, 3.05) is 5.32 Å². The lowest BCUT2D eigenvalue weighted by Crippen LogP contribution is -2.30. The zero-order chi connectivity index (χ0) is 14.1. The molecule has 0 aliphatic carbocycles. The molecule has 0 heterocycles. The molecule has 1 aromatic rings. The van der Waals surface area contributed by atoms with Gasteiger partial charge in [0.15, 0.2) is 11.5 Å². The number of alkyl halides is 3. The number of benzene rings is 1. The number of anilines is 1. The highest BCUT2D eigenvalue weighted by Crippen LogP contribution is 2.32. The normalized spacial score (nSPS) is 11.2. The van der Waals surface area contributed by atoms with Crippen LogP contribution in [-0.4, -0.2) is 17.0 Å². The van der Waals surface area contributed by atoms with Crippen LogP contribution in [0.2, 0.25) is 0 Å². The van der Waals surface area contributed by atoms with E-state index in [1.165, 1.54) is 0 Å². The molecule has 0 saturated heterocycles. The molecule has 0 fully saturated rings. The topological polar surface area (TPSA) is 72.2 Å². The van der Waals surface area contributed by atoms with E-state index in [9.17, 15) is 32.5 Å². The zero-order valence-electron chi connectivity index (χ0n) is 8.22. The number of nitrogens with zero attached hydrogens (tertiary/aromatic N) is 1. The summed E-state index contributed by atoms with van der Waals surface area (Å²) in [6.45, 7) is 0. The number of hydrogen-bond donors (Lipinski definition) is 1. The Kier molecular flexibility index (Phi) is 3.89. The fraction of sp³-hybridized carbons (Fsp3) is 0.125. The molecule has 1 aromatic carbocycles. The Balaban J connectivity index is 3.24. The highest BCUT2D eigenvalue weighted by Gasteiger charge is 2.40. The van der Waals surface area contributed by atoms with Crippen molar-refractivity contribution in [3.63, 3.8) is 0 Å². The Bertz CT molecular complexity index is 518. The molecule has 10 heteroatoms. The van der Waals surface area contributed by atoms with Gasteiger partial charge in [0.2, 0.25) is 0 Å². The Hall–Kier alpha value is -1.71. The predicted molar refractivity (Wildman–Crippen MR) is 55.4 cm³/mol. The maximum Gasteiger partial charge on any atom is 0.471 e. The number of nitro benzene ring substituents is 1. The highest BCUT2D eigenvalue weighted by atomic mass is 79.9. The lowest BCUT2D eigenvalue weighted by Gasteiger charge is -2.09. The van der Waals surface area contributed by atoms with Crippen molar-refractivity contribution in [1.29, 1.82) is 0 Å². The fourth-order valence-corrected chi connectivity index (χ4v) is 1.43. The quantitative estimate of drug-likeness (QED) is 0.514. The van der Waals surface area contributed by atoms with Crippen LogP contribution in [0.15, 0.2) is 16.6 Å². The molecule has 18 heavy (non-hydrogen) atoms. The van der Waals surface area contributed by atoms with Gasteiger partial charge >= 0.3 is 12.1 Å². The monoisotopic (exact) mass is 330 g/mol. The first-order chi connectivity index (χ1) is 8.12. The smallest absolute Gasteiger partial charge is 0.310 e. The van der Waals surface area contributed by atoms with Crippen LogP contribution in [0.5, 0.6) is 0 Å². The Morgan fingerprint density at radius 1 is 1.39 bits per heavy atom. The maximum absolute atomic E-state index is 13.3. The van der Waals surface area contributed by atoms with Gasteiger partial charge in [0.1, 0.15) is 0 Å². The van der Waals surface area contributed by atoms with Crippen molar-refractivity contribution < 1.29 is 27.3 Å². The van der Waals surface area contributed by atoms with Gasteiger partial charge in [-0.2, -0.15) is 13.2 Å². The molecular weight excluding hydrogens is 328 g/mol. The molecule has 0 aliphatic heterocycles. The summed E-state index contributed by atoms with van der Waals surface area (Å²) in [6.07, 6.45) is -5.27. The Morgan fingerprint density at radius 2 is 1.94 bits per heavy atom. The van der Waals surface area contributed by atoms with Crippen LogP contribution >= 0.6 is 15.9 Å². The van der Waals surface area contributed by atoms with E-state index in [1.54, 1.807) is 0 Å². The molecule has 0 aromatic heterocycles. The van der Waals surface area contributed by atoms with E-state index < -0.39 is 34.2 Å². The number of amides is 1. The van der Waals surface area contributed by atoms with E-state index in [0.717, 1.165) is 11.4 Å². The molecule has 1 amide bonds. The molecule has 98 valence electrons. The van der Waals surface area contributed by atoms with Crippen molar-refractivity contribution in [3.05, 3.63) is 32.5 Å². The average molecular weight is 331 g/mol. The molecule has 0 aliphatic rings. The number of halogens is 5. The lowest BCUT2D eigenvalue weighted by molar-refractivity contribution is -0.384. The second kappa shape index (κ2) is 4.88. The summed E-state index contributed by atoms with van der Waals surface area (Å²) in [6, 6.07) is 1.47. The van der Waals surface area contributed by atoms with Crippen LogP contribution in [0, 0.1) is 15.9 Å². The zero-order valence-corrected chi connectivity index (χ0v) is 9.80. The summed E-state index contributed by atoms with van der Waals surface area (Å²) in [5, 5.41) is 11.7. The van der Waals surface area contributed by atoms with Crippen molar-refractivity contribution >= 4 is 33.2 Å². The van der Waals surface area contributed by atoms with Gasteiger partial charge in [-0.3, -0.25) is 14.9 Å². The van der Waals surface area contributed by atoms with Gasteiger partial charge in [0, 0.05) is 10.5 Å². The molecule has 1 N–H and O–H groups in total. The predicted octanol–water partition coefficient (Wildman–Crippen LogP) is 3.00. The molecule has 0 unspecified atom stereocenters. The molecule has 0 spiro atoms. The van der Waals surface area contributed by atoms with Crippen LogP contribution in [0.4, 0.5) is 28.9 Å². The van der Waals surface area contributed by atoms with E-state index in [1.807, 2.05) is 0 Å². The molecule has 5 nitrogen and oxygen atoms in total. The van der Waals surface area contributed by atoms with Gasteiger partial charge in [-0.1, -0.05) is 15.9 Å². The van der Waals surface area contributed by atoms with Crippen molar-refractivity contribution in [3.8, 4) is 0 Å². The number of carbonyl (C=O) groups excluding carboxylic acids is 1. The van der Waals surface area contributed by atoms with Crippen LogP contribution < -0.4 is 5.32 Å². The van der Waals surface area contributed by atoms with Gasteiger partial charge in [-0.15, -0.1) is 0 Å². The Labute approximate surface area is 105 Å². The van der Waals surface area contributed by atoms with Crippen LogP contribution in [0.3, 0.4) is 0 Å². The van der Waals surface area contributed by atoms with E-state index in [0.29, 0.717) is 6.07 Å². The second-order valence-corrected chi connectivity index (χ2v) is 3.91. The third-order valence-electron chi connectivity index (χ3n) is 1.73. The number of carbonyl (C=O) groups is 1. The number of hydrogen-bond acceptors (Lipinski definition) is 3. The van der Waals surface area contributed by atoms with Crippen molar-refractivity contribution in [1.82, 2.24) is 0 Å².